The fraction of sp³-hybridized carbons (Fsp3) is 0.778. The van der Waals surface area contributed by atoms with E-state index in [1.165, 1.54) is 0 Å². The molecule has 86 valence electrons. The summed E-state index contributed by atoms with van der Waals surface area (Å²) in [5, 5.41) is 5.62. The molecule has 0 unspecified atom stereocenters. The Kier molecular flexibility index (Phi) is 5.06. The zero-order valence-corrected chi connectivity index (χ0v) is 8.91. The highest BCUT2D eigenvalue weighted by molar-refractivity contribution is 6.35. The first-order chi connectivity index (χ1) is 7.25. The SMILES string of the molecule is COCCNC(=O)C(=O)N1CCNCC1. The van der Waals surface area contributed by atoms with E-state index in [1.54, 1.807) is 12.0 Å². The molecule has 6 nitrogen and oxygen atoms in total. The summed E-state index contributed by atoms with van der Waals surface area (Å²) in [7, 11) is 1.55. The highest BCUT2D eigenvalue weighted by Crippen LogP contribution is 1.93. The Morgan fingerprint density at radius 2 is 2.07 bits per heavy atom. The number of methoxy groups -OCH3 is 1. The van der Waals surface area contributed by atoms with Crippen molar-refractivity contribution in [3.05, 3.63) is 0 Å². The van der Waals surface area contributed by atoms with Crippen molar-refractivity contribution in [1.29, 1.82) is 0 Å². The van der Waals surface area contributed by atoms with Gasteiger partial charge in [-0.3, -0.25) is 9.59 Å². The van der Waals surface area contributed by atoms with Gasteiger partial charge in [0.15, 0.2) is 0 Å². The predicted octanol–water partition coefficient (Wildman–Crippen LogP) is -1.82. The molecular formula is C9H17N3O3. The maximum absolute atomic E-state index is 11.5. The Morgan fingerprint density at radius 1 is 1.40 bits per heavy atom. The topological polar surface area (TPSA) is 70.7 Å². The Labute approximate surface area is 88.9 Å². The summed E-state index contributed by atoms with van der Waals surface area (Å²) in [5.74, 6) is -0.999. The molecule has 1 saturated heterocycles. The van der Waals surface area contributed by atoms with Crippen LogP contribution < -0.4 is 10.6 Å². The second-order valence-electron chi connectivity index (χ2n) is 3.29. The number of piperazine rings is 1. The summed E-state index contributed by atoms with van der Waals surface area (Å²) in [5.41, 5.74) is 0. The predicted molar refractivity (Wildman–Crippen MR) is 54.3 cm³/mol. The van der Waals surface area contributed by atoms with E-state index >= 15 is 0 Å². The first-order valence-corrected chi connectivity index (χ1v) is 5.02. The van der Waals surface area contributed by atoms with Crippen molar-refractivity contribution in [3.63, 3.8) is 0 Å². The number of ether oxygens (including phenoxy) is 1. The van der Waals surface area contributed by atoms with Crippen LogP contribution in [-0.2, 0) is 14.3 Å². The van der Waals surface area contributed by atoms with Crippen LogP contribution in [0.3, 0.4) is 0 Å². The van der Waals surface area contributed by atoms with Crippen LogP contribution in [0.1, 0.15) is 0 Å². The van der Waals surface area contributed by atoms with Crippen LogP contribution in [0.2, 0.25) is 0 Å². The molecule has 0 radical (unpaired) electrons. The Bertz CT molecular complexity index is 227. The van der Waals surface area contributed by atoms with Gasteiger partial charge in [0.1, 0.15) is 0 Å². The molecule has 6 heteroatoms. The Hall–Kier alpha value is -1.14. The molecule has 15 heavy (non-hydrogen) atoms. The summed E-state index contributed by atoms with van der Waals surface area (Å²) in [6.07, 6.45) is 0. The van der Waals surface area contributed by atoms with Gasteiger partial charge < -0.3 is 20.3 Å². The molecule has 1 heterocycles. The minimum atomic E-state index is -0.547. The van der Waals surface area contributed by atoms with Crippen LogP contribution in [0.15, 0.2) is 0 Å². The highest BCUT2D eigenvalue weighted by atomic mass is 16.5. The standard InChI is InChI=1S/C9H17N3O3/c1-15-7-4-11-8(13)9(14)12-5-2-10-3-6-12/h10H,2-7H2,1H3,(H,11,13). The third-order valence-electron chi connectivity index (χ3n) is 2.19. The molecule has 0 aromatic heterocycles. The summed E-state index contributed by atoms with van der Waals surface area (Å²) in [6, 6.07) is 0. The molecule has 0 saturated carbocycles. The molecule has 1 aliphatic rings. The first-order valence-electron chi connectivity index (χ1n) is 5.02. The van der Waals surface area contributed by atoms with Gasteiger partial charge in [0.2, 0.25) is 0 Å². The van der Waals surface area contributed by atoms with Gasteiger partial charge in [-0.2, -0.15) is 0 Å². The lowest BCUT2D eigenvalue weighted by Gasteiger charge is -2.26. The lowest BCUT2D eigenvalue weighted by atomic mass is 10.3. The Morgan fingerprint density at radius 3 is 2.67 bits per heavy atom. The fourth-order valence-corrected chi connectivity index (χ4v) is 1.35. The van der Waals surface area contributed by atoms with Gasteiger partial charge in [0.05, 0.1) is 6.61 Å². The number of hydrogen-bond acceptors (Lipinski definition) is 4. The van der Waals surface area contributed by atoms with Crippen molar-refractivity contribution >= 4 is 11.8 Å². The van der Waals surface area contributed by atoms with Crippen LogP contribution in [-0.4, -0.2) is 63.2 Å². The van der Waals surface area contributed by atoms with Gasteiger partial charge in [-0.15, -0.1) is 0 Å². The summed E-state index contributed by atoms with van der Waals surface area (Å²) in [6.45, 7) is 3.47. The molecule has 2 amide bonds. The van der Waals surface area contributed by atoms with Crippen molar-refractivity contribution in [2.45, 2.75) is 0 Å². The van der Waals surface area contributed by atoms with E-state index < -0.39 is 11.8 Å². The van der Waals surface area contributed by atoms with E-state index in [1.807, 2.05) is 0 Å². The lowest BCUT2D eigenvalue weighted by molar-refractivity contribution is -0.146. The van der Waals surface area contributed by atoms with Gasteiger partial charge in [-0.05, 0) is 0 Å². The molecule has 0 spiro atoms. The largest absolute Gasteiger partial charge is 0.383 e. The van der Waals surface area contributed by atoms with Crippen LogP contribution in [0.5, 0.6) is 0 Å². The van der Waals surface area contributed by atoms with Crippen molar-refractivity contribution in [2.75, 3.05) is 46.4 Å². The van der Waals surface area contributed by atoms with E-state index in [0.29, 0.717) is 26.2 Å². The molecule has 0 aromatic carbocycles. The molecule has 2 N–H and O–H groups in total. The smallest absolute Gasteiger partial charge is 0.311 e. The van der Waals surface area contributed by atoms with Crippen molar-refractivity contribution in [2.24, 2.45) is 0 Å². The molecule has 1 rings (SSSR count). The van der Waals surface area contributed by atoms with Gasteiger partial charge in [-0.1, -0.05) is 0 Å². The van der Waals surface area contributed by atoms with E-state index in [-0.39, 0.29) is 0 Å². The average Bonchev–Trinajstić information content (AvgIpc) is 2.29. The number of carbonyl (C=O) groups is 2. The van der Waals surface area contributed by atoms with E-state index in [4.69, 9.17) is 4.74 Å². The Balaban J connectivity index is 2.28. The lowest BCUT2D eigenvalue weighted by Crippen LogP contribution is -2.51. The van der Waals surface area contributed by atoms with Crippen molar-refractivity contribution < 1.29 is 14.3 Å². The summed E-state index contributed by atoms with van der Waals surface area (Å²) >= 11 is 0. The average molecular weight is 215 g/mol. The minimum absolute atomic E-state index is 0.368. The van der Waals surface area contributed by atoms with Crippen LogP contribution in [0.25, 0.3) is 0 Å². The zero-order chi connectivity index (χ0) is 11.1. The number of nitrogens with zero attached hydrogens (tertiary/aromatic N) is 1. The summed E-state index contributed by atoms with van der Waals surface area (Å²) in [4.78, 5) is 24.4. The molecular weight excluding hydrogens is 198 g/mol. The maximum atomic E-state index is 11.5. The van der Waals surface area contributed by atoms with E-state index in [9.17, 15) is 9.59 Å². The number of nitrogens with one attached hydrogen (secondary N) is 2. The normalized spacial score (nSPS) is 16.2. The molecule has 0 aromatic rings. The second kappa shape index (κ2) is 6.36. The maximum Gasteiger partial charge on any atom is 0.311 e. The van der Waals surface area contributed by atoms with Gasteiger partial charge in [0, 0.05) is 39.8 Å². The molecule has 1 aliphatic heterocycles. The molecule has 0 bridgehead atoms. The fourth-order valence-electron chi connectivity index (χ4n) is 1.35. The van der Waals surface area contributed by atoms with Crippen molar-refractivity contribution in [3.8, 4) is 0 Å². The molecule has 1 fully saturated rings. The first kappa shape index (κ1) is 11.9. The second-order valence-corrected chi connectivity index (χ2v) is 3.29. The van der Waals surface area contributed by atoms with Gasteiger partial charge >= 0.3 is 11.8 Å². The van der Waals surface area contributed by atoms with E-state index in [2.05, 4.69) is 10.6 Å². The van der Waals surface area contributed by atoms with Crippen LogP contribution >= 0.6 is 0 Å². The van der Waals surface area contributed by atoms with Gasteiger partial charge in [-0.25, -0.2) is 0 Å². The minimum Gasteiger partial charge on any atom is -0.383 e. The number of hydrogen-bond donors (Lipinski definition) is 2. The third-order valence-corrected chi connectivity index (χ3v) is 2.19. The van der Waals surface area contributed by atoms with Crippen molar-refractivity contribution in [1.82, 2.24) is 15.5 Å². The number of amides is 2. The monoisotopic (exact) mass is 215 g/mol. The number of rotatable bonds is 3. The van der Waals surface area contributed by atoms with Gasteiger partial charge in [0.25, 0.3) is 0 Å². The third kappa shape index (κ3) is 3.85. The zero-order valence-electron chi connectivity index (χ0n) is 8.91. The summed E-state index contributed by atoms with van der Waals surface area (Å²) < 4.78 is 4.77. The quantitative estimate of drug-likeness (QED) is 0.429. The highest BCUT2D eigenvalue weighted by Gasteiger charge is 2.22. The molecule has 0 aliphatic carbocycles. The van der Waals surface area contributed by atoms with Crippen LogP contribution in [0.4, 0.5) is 0 Å². The van der Waals surface area contributed by atoms with E-state index in [0.717, 1.165) is 13.1 Å². The molecule has 0 atom stereocenters. The number of carbonyl (C=O) groups excluding carboxylic acids is 2. The van der Waals surface area contributed by atoms with Crippen LogP contribution in [0, 0.1) is 0 Å².